The van der Waals surface area contributed by atoms with Crippen molar-refractivity contribution in [2.75, 3.05) is 11.8 Å². The molecular formula is C23H22N2O4S. The van der Waals surface area contributed by atoms with Crippen LogP contribution in [-0.2, 0) is 10.0 Å². The summed E-state index contributed by atoms with van der Waals surface area (Å²) < 4.78 is 39.8. The Labute approximate surface area is 175 Å². The zero-order valence-electron chi connectivity index (χ0n) is 17.2. The van der Waals surface area contributed by atoms with Gasteiger partial charge >= 0.3 is 0 Å². The standard InChI is InChI=1S/C23H22N2O4S/c1-14-6-5-7-17(10-14)23-24-19-9-8-18(13-20(19)29-23)25-30(26,27)22-12-16(3)15(2)11-21(22)28-4/h5-13,25H,1-4H3. The fourth-order valence-electron chi connectivity index (χ4n) is 3.23. The molecule has 0 bridgehead atoms. The van der Waals surface area contributed by atoms with E-state index in [9.17, 15) is 8.42 Å². The first-order valence-corrected chi connectivity index (χ1v) is 10.9. The highest BCUT2D eigenvalue weighted by Gasteiger charge is 2.21. The zero-order chi connectivity index (χ0) is 21.5. The number of nitrogens with one attached hydrogen (secondary N) is 1. The SMILES string of the molecule is COc1cc(C)c(C)cc1S(=O)(=O)Nc1ccc2nc(-c3cccc(C)c3)oc2c1. The van der Waals surface area contributed by atoms with E-state index in [-0.39, 0.29) is 4.90 Å². The van der Waals surface area contributed by atoms with Crippen LogP contribution in [0.1, 0.15) is 16.7 Å². The Morgan fingerprint density at radius 1 is 0.967 bits per heavy atom. The van der Waals surface area contributed by atoms with Crippen molar-refractivity contribution in [3.8, 4) is 17.2 Å². The second-order valence-corrected chi connectivity index (χ2v) is 8.91. The third kappa shape index (κ3) is 3.76. The van der Waals surface area contributed by atoms with Crippen LogP contribution in [0.5, 0.6) is 5.75 Å². The molecule has 0 unspecified atom stereocenters. The van der Waals surface area contributed by atoms with Crippen molar-refractivity contribution in [3.05, 3.63) is 71.3 Å². The molecule has 0 atom stereocenters. The Bertz CT molecular complexity index is 1360. The molecule has 0 radical (unpaired) electrons. The normalized spacial score (nSPS) is 11.6. The van der Waals surface area contributed by atoms with Crippen molar-refractivity contribution in [2.24, 2.45) is 0 Å². The van der Waals surface area contributed by atoms with E-state index in [0.717, 1.165) is 22.3 Å². The Balaban J connectivity index is 1.70. The van der Waals surface area contributed by atoms with Gasteiger partial charge in [0.25, 0.3) is 10.0 Å². The average molecular weight is 423 g/mol. The number of aromatic nitrogens is 1. The molecule has 0 aliphatic carbocycles. The number of fused-ring (bicyclic) bond motifs is 1. The summed E-state index contributed by atoms with van der Waals surface area (Å²) in [6, 6.07) is 16.2. The first-order chi connectivity index (χ1) is 14.3. The van der Waals surface area contributed by atoms with E-state index < -0.39 is 10.0 Å². The molecule has 30 heavy (non-hydrogen) atoms. The van der Waals surface area contributed by atoms with E-state index in [1.165, 1.54) is 7.11 Å². The maximum absolute atomic E-state index is 13.0. The summed E-state index contributed by atoms with van der Waals surface area (Å²) in [5.74, 6) is 0.789. The smallest absolute Gasteiger partial charge is 0.265 e. The molecule has 3 aromatic carbocycles. The number of nitrogens with zero attached hydrogens (tertiary/aromatic N) is 1. The van der Waals surface area contributed by atoms with Crippen LogP contribution in [-0.4, -0.2) is 20.5 Å². The summed E-state index contributed by atoms with van der Waals surface area (Å²) in [6.45, 7) is 5.77. The predicted octanol–water partition coefficient (Wildman–Crippen LogP) is 5.23. The van der Waals surface area contributed by atoms with E-state index in [4.69, 9.17) is 9.15 Å². The summed E-state index contributed by atoms with van der Waals surface area (Å²) in [4.78, 5) is 4.59. The van der Waals surface area contributed by atoms with E-state index in [1.807, 2.05) is 45.0 Å². The molecule has 0 spiro atoms. The molecular weight excluding hydrogens is 400 g/mol. The molecule has 0 aliphatic heterocycles. The largest absolute Gasteiger partial charge is 0.495 e. The monoisotopic (exact) mass is 422 g/mol. The van der Waals surface area contributed by atoms with Gasteiger partial charge in [-0.1, -0.05) is 17.7 Å². The van der Waals surface area contributed by atoms with Crippen molar-refractivity contribution in [3.63, 3.8) is 0 Å². The molecule has 0 amide bonds. The third-order valence-electron chi connectivity index (χ3n) is 4.98. The van der Waals surface area contributed by atoms with E-state index in [2.05, 4.69) is 9.71 Å². The van der Waals surface area contributed by atoms with Crippen molar-refractivity contribution >= 4 is 26.8 Å². The van der Waals surface area contributed by atoms with Gasteiger partial charge in [0.15, 0.2) is 5.58 Å². The Kier molecular flexibility index (Phi) is 4.99. The minimum Gasteiger partial charge on any atom is -0.495 e. The second-order valence-electron chi connectivity index (χ2n) is 7.26. The minimum atomic E-state index is -3.85. The van der Waals surface area contributed by atoms with E-state index >= 15 is 0 Å². The number of rotatable bonds is 5. The van der Waals surface area contributed by atoms with Crippen LogP contribution < -0.4 is 9.46 Å². The molecule has 154 valence electrons. The fourth-order valence-corrected chi connectivity index (χ4v) is 4.52. The number of hydrogen-bond donors (Lipinski definition) is 1. The van der Waals surface area contributed by atoms with Crippen molar-refractivity contribution < 1.29 is 17.6 Å². The lowest BCUT2D eigenvalue weighted by Gasteiger charge is -2.13. The predicted molar refractivity (Wildman–Crippen MR) is 117 cm³/mol. The fraction of sp³-hybridized carbons (Fsp3) is 0.174. The highest BCUT2D eigenvalue weighted by Crippen LogP contribution is 2.31. The van der Waals surface area contributed by atoms with Crippen LogP contribution in [0.4, 0.5) is 5.69 Å². The van der Waals surface area contributed by atoms with Gasteiger partial charge in [0.2, 0.25) is 5.89 Å². The van der Waals surface area contributed by atoms with Crippen LogP contribution in [0.2, 0.25) is 0 Å². The number of ether oxygens (including phenoxy) is 1. The lowest BCUT2D eigenvalue weighted by atomic mass is 10.1. The first kappa shape index (κ1) is 20.0. The molecule has 0 saturated carbocycles. The van der Waals surface area contributed by atoms with Crippen molar-refractivity contribution in [1.82, 2.24) is 4.98 Å². The van der Waals surface area contributed by atoms with Crippen LogP contribution >= 0.6 is 0 Å². The van der Waals surface area contributed by atoms with E-state index in [1.54, 1.807) is 30.3 Å². The van der Waals surface area contributed by atoms with E-state index in [0.29, 0.717) is 28.4 Å². The summed E-state index contributed by atoms with van der Waals surface area (Å²) in [7, 11) is -2.40. The van der Waals surface area contributed by atoms with Gasteiger partial charge in [-0.15, -0.1) is 0 Å². The summed E-state index contributed by atoms with van der Waals surface area (Å²) in [5, 5.41) is 0. The molecule has 6 nitrogen and oxygen atoms in total. The summed E-state index contributed by atoms with van der Waals surface area (Å²) >= 11 is 0. The molecule has 0 saturated heterocycles. The molecule has 4 aromatic rings. The lowest BCUT2D eigenvalue weighted by Crippen LogP contribution is -2.14. The van der Waals surface area contributed by atoms with Gasteiger partial charge in [-0.05, 0) is 68.3 Å². The number of benzene rings is 3. The average Bonchev–Trinajstić information content (AvgIpc) is 3.12. The van der Waals surface area contributed by atoms with Gasteiger partial charge < -0.3 is 9.15 Å². The molecule has 1 heterocycles. The lowest BCUT2D eigenvalue weighted by molar-refractivity contribution is 0.402. The molecule has 0 aliphatic rings. The topological polar surface area (TPSA) is 81.4 Å². The molecule has 4 rings (SSSR count). The van der Waals surface area contributed by atoms with Gasteiger partial charge in [-0.25, -0.2) is 13.4 Å². The summed E-state index contributed by atoms with van der Waals surface area (Å²) in [6.07, 6.45) is 0. The number of sulfonamides is 1. The molecule has 7 heteroatoms. The summed E-state index contributed by atoms with van der Waals surface area (Å²) in [5.41, 5.74) is 5.33. The second kappa shape index (κ2) is 7.50. The highest BCUT2D eigenvalue weighted by atomic mass is 32.2. The van der Waals surface area contributed by atoms with Gasteiger partial charge in [0.1, 0.15) is 16.2 Å². The number of anilines is 1. The first-order valence-electron chi connectivity index (χ1n) is 9.42. The van der Waals surface area contributed by atoms with Crippen LogP contribution in [0.3, 0.4) is 0 Å². The van der Waals surface area contributed by atoms with Gasteiger partial charge in [0.05, 0.1) is 12.8 Å². The van der Waals surface area contributed by atoms with Crippen molar-refractivity contribution in [1.29, 1.82) is 0 Å². The Hall–Kier alpha value is -3.32. The highest BCUT2D eigenvalue weighted by molar-refractivity contribution is 7.92. The van der Waals surface area contributed by atoms with Crippen LogP contribution in [0.15, 0.2) is 63.9 Å². The van der Waals surface area contributed by atoms with Gasteiger partial charge in [-0.3, -0.25) is 4.72 Å². The molecule has 1 N–H and O–H groups in total. The quantitative estimate of drug-likeness (QED) is 0.476. The van der Waals surface area contributed by atoms with Crippen LogP contribution in [0.25, 0.3) is 22.6 Å². The van der Waals surface area contributed by atoms with Crippen LogP contribution in [0, 0.1) is 20.8 Å². The molecule has 0 fully saturated rings. The number of methoxy groups -OCH3 is 1. The number of aryl methyl sites for hydroxylation is 3. The maximum atomic E-state index is 13.0. The van der Waals surface area contributed by atoms with Gasteiger partial charge in [-0.2, -0.15) is 0 Å². The number of hydrogen-bond acceptors (Lipinski definition) is 5. The minimum absolute atomic E-state index is 0.0891. The molecule has 1 aromatic heterocycles. The number of oxazole rings is 1. The van der Waals surface area contributed by atoms with Crippen molar-refractivity contribution in [2.45, 2.75) is 25.7 Å². The third-order valence-corrected chi connectivity index (χ3v) is 6.38. The maximum Gasteiger partial charge on any atom is 0.265 e. The Morgan fingerprint density at radius 3 is 2.47 bits per heavy atom. The zero-order valence-corrected chi connectivity index (χ0v) is 18.0. The Morgan fingerprint density at radius 2 is 1.73 bits per heavy atom. The van der Waals surface area contributed by atoms with Gasteiger partial charge in [0, 0.05) is 11.6 Å².